The maximum absolute atomic E-state index is 12.2. The van der Waals surface area contributed by atoms with Crippen LogP contribution in [-0.4, -0.2) is 41.9 Å². The minimum absolute atomic E-state index is 0.0140. The zero-order valence-corrected chi connectivity index (χ0v) is 28.7. The molecule has 4 aliphatic carbocycles. The predicted octanol–water partition coefficient (Wildman–Crippen LogP) is 8.53. The molecule has 220 valence electrons. The third kappa shape index (κ3) is 6.04. The molecule has 4 saturated carbocycles. The van der Waals surface area contributed by atoms with Crippen LogP contribution in [0.4, 0.5) is 0 Å². The van der Waals surface area contributed by atoms with E-state index in [-0.39, 0.29) is 11.9 Å². The topological polar surface area (TPSA) is 44.8 Å². The molecular weight excluding hydrogens is 505 g/mol. The summed E-state index contributed by atoms with van der Waals surface area (Å²) in [5.74, 6) is 4.11. The Balaban J connectivity index is 1.59. The summed E-state index contributed by atoms with van der Waals surface area (Å²) < 4.78 is 19.0. The van der Waals surface area contributed by atoms with Crippen LogP contribution in [0.1, 0.15) is 85.5 Å². The van der Waals surface area contributed by atoms with E-state index in [1.54, 1.807) is 0 Å². The summed E-state index contributed by atoms with van der Waals surface area (Å²) in [6.07, 6.45) is 12.2. The van der Waals surface area contributed by atoms with Crippen LogP contribution in [-0.2, 0) is 18.4 Å². The standard InChI is InChI=1S/C32H60O4Si2/c1-21(18-22(2)30(33)34-5)25-12-13-26-29-27(15-17-32(25,26)4)31(3)16-14-24(35-37(6,7)8)19-23(31)20-28(29)36-38(9,10)11/h21-29H,12-20H2,1-11H3/t21-,22?,23?,24?,25?,26+,27+,28?,29+,31?,32?/m1/s1. The van der Waals surface area contributed by atoms with Gasteiger partial charge in [0, 0.05) is 12.2 Å². The monoisotopic (exact) mass is 564 g/mol. The summed E-state index contributed by atoms with van der Waals surface area (Å²) in [5, 5.41) is 0. The summed E-state index contributed by atoms with van der Waals surface area (Å²) in [4.78, 5) is 12.2. The average molecular weight is 565 g/mol. The third-order valence-corrected chi connectivity index (χ3v) is 13.8. The summed E-state index contributed by atoms with van der Waals surface area (Å²) in [7, 11) is -1.69. The molecule has 0 aromatic carbocycles. The molecule has 0 bridgehead atoms. The summed E-state index contributed by atoms with van der Waals surface area (Å²) in [6.45, 7) is 24.0. The van der Waals surface area contributed by atoms with Gasteiger partial charge in [0.2, 0.25) is 0 Å². The SMILES string of the molecule is COC(=O)C(C)C[C@@H](C)C1CC[C@H]2[C@@H]3C(O[Si](C)(C)C)CC4CC(O[Si](C)(C)C)CCC4(C)[C@H]3CCC12C. The fourth-order valence-corrected chi connectivity index (χ4v) is 12.7. The molecule has 6 heteroatoms. The molecule has 0 amide bonds. The highest BCUT2D eigenvalue weighted by molar-refractivity contribution is 6.70. The van der Waals surface area contributed by atoms with Gasteiger partial charge in [-0.3, -0.25) is 4.79 Å². The van der Waals surface area contributed by atoms with Crippen molar-refractivity contribution in [2.75, 3.05) is 7.11 Å². The molecule has 0 aromatic rings. The van der Waals surface area contributed by atoms with E-state index in [4.69, 9.17) is 13.6 Å². The quantitative estimate of drug-likeness (QED) is 0.219. The Labute approximate surface area is 237 Å². The minimum Gasteiger partial charge on any atom is -0.469 e. The number of fused-ring (bicyclic) bond motifs is 5. The van der Waals surface area contributed by atoms with Crippen LogP contribution < -0.4 is 0 Å². The fraction of sp³-hybridized carbons (Fsp3) is 0.969. The van der Waals surface area contributed by atoms with E-state index in [1.165, 1.54) is 58.5 Å². The van der Waals surface area contributed by atoms with Crippen LogP contribution in [0.25, 0.3) is 0 Å². The molecule has 0 aliphatic heterocycles. The lowest BCUT2D eigenvalue weighted by Crippen LogP contribution is -2.60. The number of carbonyl (C=O) groups excluding carboxylic acids is 1. The van der Waals surface area contributed by atoms with Crippen molar-refractivity contribution in [3.8, 4) is 0 Å². The van der Waals surface area contributed by atoms with Crippen LogP contribution in [0.3, 0.4) is 0 Å². The average Bonchev–Trinajstić information content (AvgIpc) is 3.14. The third-order valence-electron chi connectivity index (χ3n) is 11.7. The Morgan fingerprint density at radius 1 is 0.842 bits per heavy atom. The second kappa shape index (κ2) is 10.9. The summed E-state index contributed by atoms with van der Waals surface area (Å²) >= 11 is 0. The number of carbonyl (C=O) groups is 1. The zero-order chi connectivity index (χ0) is 28.3. The molecule has 0 spiro atoms. The van der Waals surface area contributed by atoms with Gasteiger partial charge in [0.15, 0.2) is 16.6 Å². The van der Waals surface area contributed by atoms with Gasteiger partial charge in [-0.1, -0.05) is 27.7 Å². The van der Waals surface area contributed by atoms with Gasteiger partial charge in [-0.05, 0) is 143 Å². The molecule has 0 radical (unpaired) electrons. The number of ether oxygens (including phenoxy) is 1. The van der Waals surface area contributed by atoms with E-state index in [0.717, 1.165) is 24.2 Å². The second-order valence-corrected chi connectivity index (χ2v) is 25.4. The van der Waals surface area contributed by atoms with Crippen LogP contribution in [0.15, 0.2) is 0 Å². The summed E-state index contributed by atoms with van der Waals surface area (Å²) in [6, 6.07) is 0. The van der Waals surface area contributed by atoms with Crippen LogP contribution in [0, 0.1) is 52.3 Å². The molecule has 11 atom stereocenters. The van der Waals surface area contributed by atoms with E-state index >= 15 is 0 Å². The largest absolute Gasteiger partial charge is 0.469 e. The molecule has 0 heterocycles. The highest BCUT2D eigenvalue weighted by atomic mass is 28.4. The van der Waals surface area contributed by atoms with Crippen molar-refractivity contribution >= 4 is 22.6 Å². The van der Waals surface area contributed by atoms with Gasteiger partial charge < -0.3 is 13.6 Å². The first-order valence-corrected chi connectivity index (χ1v) is 22.7. The van der Waals surface area contributed by atoms with Crippen molar-refractivity contribution in [1.29, 1.82) is 0 Å². The Bertz CT molecular complexity index is 849. The lowest BCUT2D eigenvalue weighted by atomic mass is 9.43. The molecule has 0 saturated heterocycles. The highest BCUT2D eigenvalue weighted by Crippen LogP contribution is 2.69. The predicted molar refractivity (Wildman–Crippen MR) is 162 cm³/mol. The van der Waals surface area contributed by atoms with Gasteiger partial charge in [-0.25, -0.2) is 0 Å². The van der Waals surface area contributed by atoms with Crippen LogP contribution in [0.5, 0.6) is 0 Å². The Morgan fingerprint density at radius 2 is 1.45 bits per heavy atom. The lowest BCUT2D eigenvalue weighted by molar-refractivity contribution is -0.169. The molecule has 4 nitrogen and oxygen atoms in total. The van der Waals surface area contributed by atoms with Gasteiger partial charge in [-0.2, -0.15) is 0 Å². The van der Waals surface area contributed by atoms with E-state index < -0.39 is 16.6 Å². The lowest BCUT2D eigenvalue weighted by Gasteiger charge is -2.64. The van der Waals surface area contributed by atoms with Crippen LogP contribution in [0.2, 0.25) is 39.3 Å². The molecule has 0 aromatic heterocycles. The zero-order valence-electron chi connectivity index (χ0n) is 26.7. The van der Waals surface area contributed by atoms with Gasteiger partial charge in [0.25, 0.3) is 0 Å². The van der Waals surface area contributed by atoms with Crippen molar-refractivity contribution in [1.82, 2.24) is 0 Å². The van der Waals surface area contributed by atoms with E-state index in [0.29, 0.717) is 40.8 Å². The molecule has 4 aliphatic rings. The number of rotatable bonds is 8. The molecule has 7 unspecified atom stereocenters. The Kier molecular flexibility index (Phi) is 8.83. The molecule has 38 heavy (non-hydrogen) atoms. The number of hydrogen-bond donors (Lipinski definition) is 0. The fourth-order valence-electron chi connectivity index (χ4n) is 10.3. The number of hydrogen-bond acceptors (Lipinski definition) is 4. The number of esters is 1. The van der Waals surface area contributed by atoms with Crippen molar-refractivity contribution < 1.29 is 18.4 Å². The smallest absolute Gasteiger partial charge is 0.308 e. The second-order valence-electron chi connectivity index (χ2n) is 16.5. The first-order valence-electron chi connectivity index (χ1n) is 15.9. The Morgan fingerprint density at radius 3 is 2.05 bits per heavy atom. The number of methoxy groups -OCH3 is 1. The molecule has 4 rings (SSSR count). The maximum Gasteiger partial charge on any atom is 0.308 e. The minimum atomic E-state index is -1.68. The first-order chi connectivity index (χ1) is 17.5. The van der Waals surface area contributed by atoms with E-state index in [9.17, 15) is 4.79 Å². The normalized spacial score (nSPS) is 43.0. The summed E-state index contributed by atoms with van der Waals surface area (Å²) in [5.41, 5.74) is 0.784. The Hall–Kier alpha value is -0.176. The van der Waals surface area contributed by atoms with Crippen molar-refractivity contribution in [2.24, 2.45) is 52.3 Å². The van der Waals surface area contributed by atoms with Crippen molar-refractivity contribution in [3.63, 3.8) is 0 Å². The van der Waals surface area contributed by atoms with Gasteiger partial charge in [-0.15, -0.1) is 0 Å². The molecular formula is C32H60O4Si2. The van der Waals surface area contributed by atoms with Crippen LogP contribution >= 0.6 is 0 Å². The van der Waals surface area contributed by atoms with Gasteiger partial charge >= 0.3 is 5.97 Å². The van der Waals surface area contributed by atoms with Crippen molar-refractivity contribution in [2.45, 2.75) is 137 Å². The van der Waals surface area contributed by atoms with Gasteiger partial charge in [0.1, 0.15) is 0 Å². The first kappa shape index (κ1) is 30.8. The maximum atomic E-state index is 12.2. The van der Waals surface area contributed by atoms with E-state index in [2.05, 4.69) is 67.0 Å². The highest BCUT2D eigenvalue weighted by Gasteiger charge is 2.63. The van der Waals surface area contributed by atoms with E-state index in [1.807, 2.05) is 0 Å². The molecule has 4 fully saturated rings. The van der Waals surface area contributed by atoms with Gasteiger partial charge in [0.05, 0.1) is 13.0 Å². The molecule has 0 N–H and O–H groups in total. The van der Waals surface area contributed by atoms with Crippen molar-refractivity contribution in [3.05, 3.63) is 0 Å².